The summed E-state index contributed by atoms with van der Waals surface area (Å²) in [6.45, 7) is 1.73. The van der Waals surface area contributed by atoms with Crippen molar-refractivity contribution in [3.63, 3.8) is 0 Å². The Morgan fingerprint density at radius 3 is 2.78 bits per heavy atom. The van der Waals surface area contributed by atoms with E-state index >= 15 is 0 Å². The van der Waals surface area contributed by atoms with Gasteiger partial charge in [0, 0.05) is 20.3 Å². The van der Waals surface area contributed by atoms with Crippen LogP contribution >= 0.6 is 0 Å². The zero-order valence-corrected chi connectivity index (χ0v) is 12.9. The van der Waals surface area contributed by atoms with Crippen molar-refractivity contribution in [2.75, 3.05) is 0 Å². The Hall–Kier alpha value is -2.90. The van der Waals surface area contributed by atoms with Gasteiger partial charge < -0.3 is 9.30 Å². The van der Waals surface area contributed by atoms with E-state index in [1.54, 1.807) is 18.2 Å². The molecule has 7 nitrogen and oxygen atoms in total. The SMILES string of the molecule is [3H]c1ccc(OCc2c(-n3nnn(C)c3=O)cn(C)c2F)c(C)c1. The highest BCUT2D eigenvalue weighted by molar-refractivity contribution is 5.40. The Bertz CT molecular complexity index is 959. The molecule has 1 aromatic carbocycles. The second kappa shape index (κ2) is 5.71. The van der Waals surface area contributed by atoms with Crippen LogP contribution in [0.4, 0.5) is 4.39 Å². The summed E-state index contributed by atoms with van der Waals surface area (Å²) in [4.78, 5) is 12.0. The van der Waals surface area contributed by atoms with E-state index in [9.17, 15) is 9.18 Å². The van der Waals surface area contributed by atoms with E-state index in [-0.39, 0.29) is 17.9 Å². The van der Waals surface area contributed by atoms with E-state index < -0.39 is 11.6 Å². The number of ether oxygens (including phenoxy) is 1. The molecular weight excluding hydrogens is 301 g/mol. The van der Waals surface area contributed by atoms with Gasteiger partial charge in [0.15, 0.2) is 0 Å². The molecule has 0 unspecified atom stereocenters. The summed E-state index contributed by atoms with van der Waals surface area (Å²) in [7, 11) is 3.00. The monoisotopic (exact) mass is 319 g/mol. The van der Waals surface area contributed by atoms with Gasteiger partial charge in [-0.15, -0.1) is 0 Å². The number of nitrogens with zero attached hydrogens (tertiary/aromatic N) is 5. The first kappa shape index (κ1) is 13.7. The quantitative estimate of drug-likeness (QED) is 0.728. The van der Waals surface area contributed by atoms with Crippen LogP contribution in [0, 0.1) is 12.9 Å². The number of aromatic nitrogens is 5. The molecule has 0 radical (unpaired) electrons. The fourth-order valence-electron chi connectivity index (χ4n) is 2.23. The van der Waals surface area contributed by atoms with Crippen molar-refractivity contribution in [3.05, 3.63) is 58.0 Å². The molecule has 0 bridgehead atoms. The topological polar surface area (TPSA) is 66.9 Å². The predicted molar refractivity (Wildman–Crippen MR) is 81.0 cm³/mol. The van der Waals surface area contributed by atoms with Crippen LogP contribution < -0.4 is 10.4 Å². The molecule has 0 aliphatic heterocycles. The molecule has 0 spiro atoms. The smallest absolute Gasteiger partial charge is 0.368 e. The lowest BCUT2D eigenvalue weighted by molar-refractivity contribution is 0.295. The van der Waals surface area contributed by atoms with Crippen molar-refractivity contribution in [2.45, 2.75) is 13.5 Å². The molecule has 0 fully saturated rings. The highest BCUT2D eigenvalue weighted by Gasteiger charge is 2.20. The van der Waals surface area contributed by atoms with E-state index in [4.69, 9.17) is 6.11 Å². The van der Waals surface area contributed by atoms with Gasteiger partial charge in [0.25, 0.3) is 0 Å². The van der Waals surface area contributed by atoms with Gasteiger partial charge in [0.05, 0.1) is 12.6 Å². The summed E-state index contributed by atoms with van der Waals surface area (Å²) in [6.07, 6.45) is 1.46. The van der Waals surface area contributed by atoms with Crippen LogP contribution in [0.5, 0.6) is 5.75 Å². The van der Waals surface area contributed by atoms with Gasteiger partial charge in [-0.2, -0.15) is 13.8 Å². The van der Waals surface area contributed by atoms with Crippen LogP contribution in [-0.4, -0.2) is 24.4 Å². The zero-order chi connectivity index (χ0) is 17.4. The largest absolute Gasteiger partial charge is 0.488 e. The molecule has 3 aromatic rings. The molecule has 120 valence electrons. The number of hydrogen-bond acceptors (Lipinski definition) is 4. The maximum Gasteiger partial charge on any atom is 0.368 e. The van der Waals surface area contributed by atoms with E-state index in [0.29, 0.717) is 11.8 Å². The Morgan fingerprint density at radius 1 is 1.35 bits per heavy atom. The van der Waals surface area contributed by atoms with Gasteiger partial charge in [-0.3, -0.25) is 0 Å². The van der Waals surface area contributed by atoms with Crippen molar-refractivity contribution in [3.8, 4) is 11.4 Å². The van der Waals surface area contributed by atoms with Crippen LogP contribution in [0.15, 0.2) is 35.2 Å². The highest BCUT2D eigenvalue weighted by atomic mass is 19.1. The average Bonchev–Trinajstić information content (AvgIpc) is 3.00. The third-order valence-electron chi connectivity index (χ3n) is 3.53. The second-order valence-electron chi connectivity index (χ2n) is 5.17. The molecule has 0 aliphatic rings. The van der Waals surface area contributed by atoms with Crippen LogP contribution in [0.1, 0.15) is 12.5 Å². The van der Waals surface area contributed by atoms with Crippen molar-refractivity contribution >= 4 is 0 Å². The van der Waals surface area contributed by atoms with Crippen LogP contribution in [0.3, 0.4) is 0 Å². The van der Waals surface area contributed by atoms with Crippen molar-refractivity contribution < 1.29 is 10.5 Å². The first-order chi connectivity index (χ1) is 11.4. The number of aryl methyl sites for hydroxylation is 3. The van der Waals surface area contributed by atoms with Crippen molar-refractivity contribution in [1.29, 1.82) is 0 Å². The minimum atomic E-state index is -0.516. The molecule has 2 aromatic heterocycles. The first-order valence-electron chi connectivity index (χ1n) is 7.41. The summed E-state index contributed by atoms with van der Waals surface area (Å²) in [6, 6.07) is 5.28. The van der Waals surface area contributed by atoms with E-state index in [1.165, 1.54) is 24.9 Å². The van der Waals surface area contributed by atoms with Crippen LogP contribution in [0.2, 0.25) is 0 Å². The summed E-state index contributed by atoms with van der Waals surface area (Å²) < 4.78 is 31.0. The Morgan fingerprint density at radius 2 is 2.13 bits per heavy atom. The third kappa shape index (κ3) is 2.63. The molecule has 0 saturated heterocycles. The van der Waals surface area contributed by atoms with Crippen LogP contribution in [-0.2, 0) is 20.7 Å². The predicted octanol–water partition coefficient (Wildman–Crippen LogP) is 1.33. The number of hydrogen-bond donors (Lipinski definition) is 0. The van der Waals surface area contributed by atoms with Gasteiger partial charge in [0.1, 0.15) is 12.4 Å². The third-order valence-corrected chi connectivity index (χ3v) is 3.53. The number of rotatable bonds is 4. The molecule has 0 amide bonds. The van der Waals surface area contributed by atoms with Gasteiger partial charge in [-0.25, -0.2) is 4.79 Å². The highest BCUT2D eigenvalue weighted by Crippen LogP contribution is 2.22. The van der Waals surface area contributed by atoms with Gasteiger partial charge in [-0.1, -0.05) is 18.2 Å². The average molecular weight is 319 g/mol. The summed E-state index contributed by atoms with van der Waals surface area (Å²) >= 11 is 0. The Balaban J connectivity index is 1.96. The maximum absolute atomic E-state index is 14.4. The van der Waals surface area contributed by atoms with Crippen molar-refractivity contribution in [2.24, 2.45) is 14.1 Å². The lowest BCUT2D eigenvalue weighted by Crippen LogP contribution is -2.22. The number of tetrazole rings is 1. The molecule has 23 heavy (non-hydrogen) atoms. The fraction of sp³-hybridized carbons (Fsp3) is 0.267. The molecule has 0 N–H and O–H groups in total. The van der Waals surface area contributed by atoms with Gasteiger partial charge in [-0.05, 0) is 29.0 Å². The minimum absolute atomic E-state index is 0.0802. The molecule has 2 heterocycles. The molecule has 0 atom stereocenters. The fourth-order valence-corrected chi connectivity index (χ4v) is 2.23. The zero-order valence-electron chi connectivity index (χ0n) is 13.9. The number of benzene rings is 1. The molecule has 3 rings (SSSR count). The van der Waals surface area contributed by atoms with Gasteiger partial charge >= 0.3 is 5.69 Å². The van der Waals surface area contributed by atoms with Crippen LogP contribution in [0.25, 0.3) is 5.69 Å². The second-order valence-corrected chi connectivity index (χ2v) is 5.17. The Labute approximate surface area is 132 Å². The summed E-state index contributed by atoms with van der Waals surface area (Å²) in [5, 5.41) is 7.38. The molecule has 0 aliphatic carbocycles. The maximum atomic E-state index is 14.4. The lowest BCUT2D eigenvalue weighted by atomic mass is 10.2. The number of halogens is 1. The standard InChI is InChI=1S/C15H16FN5O2/c1-10-6-4-5-7-13(10)23-9-11-12(8-19(2)14(11)16)21-15(22)20(3)17-18-21/h4-8H,9H2,1-3H3/i4T. The lowest BCUT2D eigenvalue weighted by Gasteiger charge is -2.09. The number of para-hydroxylation sites is 1. The summed E-state index contributed by atoms with van der Waals surface area (Å²) in [5.41, 5.74) is 0.783. The van der Waals surface area contributed by atoms with Crippen molar-refractivity contribution in [1.82, 2.24) is 24.4 Å². The van der Waals surface area contributed by atoms with E-state index in [2.05, 4.69) is 10.4 Å². The normalized spacial score (nSPS) is 11.6. The first-order valence-corrected chi connectivity index (χ1v) is 6.91. The molecule has 0 saturated carbocycles. The van der Waals surface area contributed by atoms with Gasteiger partial charge in [0.2, 0.25) is 5.95 Å². The van der Waals surface area contributed by atoms with E-state index in [0.717, 1.165) is 14.9 Å². The Kier molecular flexibility index (Phi) is 3.41. The van der Waals surface area contributed by atoms with E-state index in [1.807, 2.05) is 6.92 Å². The minimum Gasteiger partial charge on any atom is -0.488 e. The summed E-state index contributed by atoms with van der Waals surface area (Å²) in [5.74, 6) is 0.0315. The molecule has 8 heteroatoms. The molecular formula is C15H16FN5O2.